The molecule has 2 rings (SSSR count). The van der Waals surface area contributed by atoms with Gasteiger partial charge in [-0.05, 0) is 18.6 Å². The summed E-state index contributed by atoms with van der Waals surface area (Å²) >= 11 is 0. The molecule has 0 saturated heterocycles. The number of aryl methyl sites for hydroxylation is 1. The second-order valence-corrected chi connectivity index (χ2v) is 2.71. The molecule has 0 N–H and O–H groups in total. The Morgan fingerprint density at radius 1 is 1.27 bits per heavy atom. The summed E-state index contributed by atoms with van der Waals surface area (Å²) in [7, 11) is 0. The molecular formula is C9H10O2. The number of para-hydroxylation sites is 1. The molecule has 1 aliphatic heterocycles. The fourth-order valence-electron chi connectivity index (χ4n) is 1.24. The molecule has 0 aromatic heterocycles. The highest BCUT2D eigenvalue weighted by molar-refractivity contribution is 5.47. The van der Waals surface area contributed by atoms with Crippen LogP contribution in [0.4, 0.5) is 0 Å². The molecular weight excluding hydrogens is 140 g/mol. The lowest BCUT2D eigenvalue weighted by Crippen LogP contribution is -2.11. The Kier molecular flexibility index (Phi) is 1.28. The average molecular weight is 150 g/mol. The fourth-order valence-corrected chi connectivity index (χ4v) is 1.24. The van der Waals surface area contributed by atoms with Gasteiger partial charge in [-0.25, -0.2) is 0 Å². The number of rotatable bonds is 0. The Hall–Kier alpha value is -1.18. The Morgan fingerprint density at radius 3 is 2.82 bits per heavy atom. The van der Waals surface area contributed by atoms with E-state index in [1.54, 1.807) is 0 Å². The third kappa shape index (κ3) is 0.946. The van der Waals surface area contributed by atoms with Gasteiger partial charge in [0.15, 0.2) is 11.5 Å². The first-order chi connectivity index (χ1) is 5.27. The van der Waals surface area contributed by atoms with Crippen molar-refractivity contribution in [1.82, 2.24) is 0 Å². The molecule has 58 valence electrons. The van der Waals surface area contributed by atoms with Crippen LogP contribution in [0.1, 0.15) is 12.5 Å². The Balaban J connectivity index is 2.49. The van der Waals surface area contributed by atoms with E-state index >= 15 is 0 Å². The molecule has 0 amide bonds. The largest absolute Gasteiger partial charge is 0.451 e. The molecule has 0 spiro atoms. The van der Waals surface area contributed by atoms with Gasteiger partial charge in [0.05, 0.1) is 0 Å². The molecule has 0 radical (unpaired) electrons. The van der Waals surface area contributed by atoms with Crippen molar-refractivity contribution in [3.05, 3.63) is 23.8 Å². The summed E-state index contributed by atoms with van der Waals surface area (Å²) in [6.07, 6.45) is -0.133. The molecule has 1 aliphatic rings. The quantitative estimate of drug-likeness (QED) is 0.564. The number of hydrogen-bond acceptors (Lipinski definition) is 2. The molecule has 1 heterocycles. The first-order valence-electron chi connectivity index (χ1n) is 3.70. The highest BCUT2D eigenvalue weighted by atomic mass is 16.7. The summed E-state index contributed by atoms with van der Waals surface area (Å²) in [5.41, 5.74) is 1.13. The average Bonchev–Trinajstić information content (AvgIpc) is 2.31. The summed E-state index contributed by atoms with van der Waals surface area (Å²) in [6, 6.07) is 5.90. The highest BCUT2D eigenvalue weighted by Crippen LogP contribution is 2.36. The van der Waals surface area contributed by atoms with Crippen LogP contribution in [-0.2, 0) is 0 Å². The predicted octanol–water partition coefficient (Wildman–Crippen LogP) is 2.11. The molecule has 2 heteroatoms. The van der Waals surface area contributed by atoms with Gasteiger partial charge in [-0.15, -0.1) is 0 Å². The van der Waals surface area contributed by atoms with Crippen molar-refractivity contribution in [2.24, 2.45) is 0 Å². The third-order valence-corrected chi connectivity index (χ3v) is 1.75. The van der Waals surface area contributed by atoms with Crippen LogP contribution in [-0.4, -0.2) is 6.29 Å². The Bertz CT molecular complexity index is 281. The lowest BCUT2D eigenvalue weighted by molar-refractivity contribution is 0.0675. The van der Waals surface area contributed by atoms with E-state index in [-0.39, 0.29) is 6.29 Å². The molecule has 0 aliphatic carbocycles. The maximum absolute atomic E-state index is 5.42. The monoisotopic (exact) mass is 150 g/mol. The maximum atomic E-state index is 5.42. The first-order valence-corrected chi connectivity index (χ1v) is 3.70. The zero-order valence-electron chi connectivity index (χ0n) is 6.63. The molecule has 0 unspecified atom stereocenters. The van der Waals surface area contributed by atoms with Crippen molar-refractivity contribution in [2.75, 3.05) is 0 Å². The van der Waals surface area contributed by atoms with E-state index in [0.717, 1.165) is 17.1 Å². The minimum absolute atomic E-state index is 0.133. The van der Waals surface area contributed by atoms with Gasteiger partial charge in [0.25, 0.3) is 0 Å². The van der Waals surface area contributed by atoms with E-state index < -0.39 is 0 Å². The van der Waals surface area contributed by atoms with Gasteiger partial charge >= 0.3 is 0 Å². The number of benzene rings is 1. The van der Waals surface area contributed by atoms with Crippen molar-refractivity contribution >= 4 is 0 Å². The van der Waals surface area contributed by atoms with Crippen LogP contribution in [0.2, 0.25) is 0 Å². The van der Waals surface area contributed by atoms with Gasteiger partial charge in [0.1, 0.15) is 0 Å². The number of fused-ring (bicyclic) bond motifs is 1. The molecule has 2 nitrogen and oxygen atoms in total. The molecule has 0 saturated carbocycles. The van der Waals surface area contributed by atoms with Crippen LogP contribution in [0.5, 0.6) is 11.5 Å². The standard InChI is InChI=1S/C9H10O2/c1-6-4-3-5-8-9(6)11-7(2)10-8/h3-5,7H,1-2H3/t7-/m1/s1. The zero-order valence-corrected chi connectivity index (χ0v) is 6.63. The van der Waals surface area contributed by atoms with Crippen molar-refractivity contribution in [3.63, 3.8) is 0 Å². The Labute approximate surface area is 65.7 Å². The van der Waals surface area contributed by atoms with Crippen molar-refractivity contribution < 1.29 is 9.47 Å². The minimum Gasteiger partial charge on any atom is -0.451 e. The summed E-state index contributed by atoms with van der Waals surface area (Å²) in [5.74, 6) is 1.75. The molecule has 11 heavy (non-hydrogen) atoms. The molecule has 0 fully saturated rings. The van der Waals surface area contributed by atoms with Gasteiger partial charge in [-0.3, -0.25) is 0 Å². The van der Waals surface area contributed by atoms with E-state index in [9.17, 15) is 0 Å². The molecule has 0 bridgehead atoms. The second kappa shape index (κ2) is 2.16. The van der Waals surface area contributed by atoms with Crippen LogP contribution in [0.15, 0.2) is 18.2 Å². The smallest absolute Gasteiger partial charge is 0.238 e. The zero-order chi connectivity index (χ0) is 7.84. The van der Waals surface area contributed by atoms with E-state index in [0.29, 0.717) is 0 Å². The summed E-state index contributed by atoms with van der Waals surface area (Å²) in [4.78, 5) is 0. The highest BCUT2D eigenvalue weighted by Gasteiger charge is 2.20. The van der Waals surface area contributed by atoms with Gasteiger partial charge < -0.3 is 9.47 Å². The lowest BCUT2D eigenvalue weighted by atomic mass is 10.2. The number of ether oxygens (including phenoxy) is 2. The van der Waals surface area contributed by atoms with Crippen LogP contribution in [0.3, 0.4) is 0 Å². The van der Waals surface area contributed by atoms with E-state index in [2.05, 4.69) is 0 Å². The van der Waals surface area contributed by atoms with Gasteiger partial charge in [-0.1, -0.05) is 12.1 Å². The third-order valence-electron chi connectivity index (χ3n) is 1.75. The van der Waals surface area contributed by atoms with Crippen molar-refractivity contribution in [3.8, 4) is 11.5 Å². The fraction of sp³-hybridized carbons (Fsp3) is 0.333. The van der Waals surface area contributed by atoms with Gasteiger partial charge in [-0.2, -0.15) is 0 Å². The van der Waals surface area contributed by atoms with Crippen LogP contribution < -0.4 is 9.47 Å². The lowest BCUT2D eigenvalue weighted by Gasteiger charge is -2.00. The normalized spacial score (nSPS) is 20.4. The molecule has 1 atom stereocenters. The van der Waals surface area contributed by atoms with E-state index in [4.69, 9.17) is 9.47 Å². The topological polar surface area (TPSA) is 18.5 Å². The SMILES string of the molecule is Cc1cccc2c1O[C@H](C)O2. The second-order valence-electron chi connectivity index (χ2n) is 2.71. The van der Waals surface area contributed by atoms with Gasteiger partial charge in [0.2, 0.25) is 6.29 Å². The molecule has 1 aromatic rings. The summed E-state index contributed by atoms with van der Waals surface area (Å²) in [6.45, 7) is 3.90. The van der Waals surface area contributed by atoms with E-state index in [1.165, 1.54) is 0 Å². The van der Waals surface area contributed by atoms with Crippen molar-refractivity contribution in [2.45, 2.75) is 20.1 Å². The van der Waals surface area contributed by atoms with E-state index in [1.807, 2.05) is 32.0 Å². The first kappa shape index (κ1) is 6.53. The number of hydrogen-bond donors (Lipinski definition) is 0. The van der Waals surface area contributed by atoms with Crippen LogP contribution in [0.25, 0.3) is 0 Å². The van der Waals surface area contributed by atoms with Crippen LogP contribution >= 0.6 is 0 Å². The minimum atomic E-state index is -0.133. The maximum Gasteiger partial charge on any atom is 0.238 e. The summed E-state index contributed by atoms with van der Waals surface area (Å²) < 4.78 is 10.8. The van der Waals surface area contributed by atoms with Crippen molar-refractivity contribution in [1.29, 1.82) is 0 Å². The predicted molar refractivity (Wildman–Crippen MR) is 41.9 cm³/mol. The summed E-state index contributed by atoms with van der Waals surface area (Å²) in [5, 5.41) is 0. The molecule has 1 aromatic carbocycles. The Morgan fingerprint density at radius 2 is 2.09 bits per heavy atom. The van der Waals surface area contributed by atoms with Crippen LogP contribution in [0, 0.1) is 6.92 Å². The van der Waals surface area contributed by atoms with Gasteiger partial charge in [0, 0.05) is 6.92 Å².